The van der Waals surface area contributed by atoms with E-state index >= 15 is 0 Å². The molecule has 1 unspecified atom stereocenters. The van der Waals surface area contributed by atoms with Gasteiger partial charge in [0.1, 0.15) is 28.9 Å². The van der Waals surface area contributed by atoms with Gasteiger partial charge in [-0.2, -0.15) is 0 Å². The molecule has 230 valence electrons. The van der Waals surface area contributed by atoms with Gasteiger partial charge < -0.3 is 19.8 Å². The molecule has 2 aromatic heterocycles. The molecule has 0 bridgehead atoms. The van der Waals surface area contributed by atoms with Crippen LogP contribution in [0.3, 0.4) is 0 Å². The van der Waals surface area contributed by atoms with E-state index in [1.165, 1.54) is 19.2 Å². The molecule has 2 amide bonds. The number of hydrogen-bond donors (Lipinski definition) is 3. The standard InChI is InChI=1S/C33H44N6O4/c1-33(2,3)43-32(41)38-39-17-7-6-9-26(39)22-13-15-23(16-14-22)37-31(40)25-18-34-30-28(35-20-36-29(25)30)24-8-4-5-10-27(24)42-19-21-11-12-21/h4-5,8,10,18,20-23,26,34H,6-7,9,11-17,19H2,1-3H3,(H,37,40)(H,38,41). The number of nitrogens with zero attached hydrogens (tertiary/aromatic N) is 3. The largest absolute Gasteiger partial charge is 0.493 e. The van der Waals surface area contributed by atoms with Crippen LogP contribution < -0.4 is 15.5 Å². The number of hydrogen-bond acceptors (Lipinski definition) is 7. The van der Waals surface area contributed by atoms with E-state index < -0.39 is 5.60 Å². The number of nitrogens with one attached hydrogen (secondary N) is 3. The molecule has 3 heterocycles. The van der Waals surface area contributed by atoms with Gasteiger partial charge in [-0.3, -0.25) is 10.2 Å². The van der Waals surface area contributed by atoms with Gasteiger partial charge in [0.2, 0.25) is 0 Å². The molecule has 2 saturated carbocycles. The quantitative estimate of drug-likeness (QED) is 0.295. The zero-order chi connectivity index (χ0) is 30.0. The van der Waals surface area contributed by atoms with Crippen molar-refractivity contribution in [3.05, 3.63) is 42.4 Å². The fraction of sp³-hybridized carbons (Fsp3) is 0.576. The maximum atomic E-state index is 13.5. The molecule has 0 radical (unpaired) electrons. The van der Waals surface area contributed by atoms with Crippen molar-refractivity contribution in [2.45, 2.75) is 96.2 Å². The molecule has 10 nitrogen and oxygen atoms in total. The van der Waals surface area contributed by atoms with Gasteiger partial charge in [0.25, 0.3) is 5.91 Å². The minimum atomic E-state index is -0.529. The van der Waals surface area contributed by atoms with E-state index in [2.05, 4.69) is 30.7 Å². The Morgan fingerprint density at radius 3 is 2.58 bits per heavy atom. The Labute approximate surface area is 253 Å². The van der Waals surface area contributed by atoms with E-state index in [1.54, 1.807) is 6.20 Å². The highest BCUT2D eigenvalue weighted by Gasteiger charge is 2.35. The van der Waals surface area contributed by atoms with Crippen LogP contribution in [0.5, 0.6) is 5.75 Å². The first-order valence-corrected chi connectivity index (χ1v) is 15.9. The number of fused-ring (bicyclic) bond motifs is 1. The minimum Gasteiger partial charge on any atom is -0.493 e. The van der Waals surface area contributed by atoms with Crippen LogP contribution in [0, 0.1) is 11.8 Å². The number of amides is 2. The second-order valence-electron chi connectivity index (χ2n) is 13.4. The topological polar surface area (TPSA) is 121 Å². The number of hydrazine groups is 1. The predicted octanol–water partition coefficient (Wildman–Crippen LogP) is 6.00. The van der Waals surface area contributed by atoms with Crippen LogP contribution in [-0.4, -0.2) is 62.8 Å². The van der Waals surface area contributed by atoms with Crippen molar-refractivity contribution in [3.8, 4) is 17.0 Å². The zero-order valence-corrected chi connectivity index (χ0v) is 25.5. The highest BCUT2D eigenvalue weighted by molar-refractivity contribution is 6.07. The highest BCUT2D eigenvalue weighted by atomic mass is 16.6. The van der Waals surface area contributed by atoms with E-state index in [0.29, 0.717) is 29.5 Å². The van der Waals surface area contributed by atoms with Gasteiger partial charge in [-0.25, -0.2) is 19.8 Å². The molecule has 3 N–H and O–H groups in total. The van der Waals surface area contributed by atoms with Gasteiger partial charge in [-0.1, -0.05) is 18.6 Å². The van der Waals surface area contributed by atoms with Gasteiger partial charge >= 0.3 is 6.09 Å². The predicted molar refractivity (Wildman–Crippen MR) is 164 cm³/mol. The Bertz CT molecular complexity index is 1440. The third-order valence-electron chi connectivity index (χ3n) is 8.86. The van der Waals surface area contributed by atoms with Crippen LogP contribution in [0.15, 0.2) is 36.8 Å². The molecular formula is C33H44N6O4. The third-order valence-corrected chi connectivity index (χ3v) is 8.86. The molecule has 3 aliphatic rings. The van der Waals surface area contributed by atoms with Crippen molar-refractivity contribution in [3.63, 3.8) is 0 Å². The highest BCUT2D eigenvalue weighted by Crippen LogP contribution is 2.36. The number of carbonyl (C=O) groups is 2. The Morgan fingerprint density at radius 1 is 1.02 bits per heavy atom. The van der Waals surface area contributed by atoms with Crippen molar-refractivity contribution in [2.24, 2.45) is 11.8 Å². The average molecular weight is 589 g/mol. The van der Waals surface area contributed by atoms with E-state index in [1.807, 2.05) is 45.0 Å². The van der Waals surface area contributed by atoms with Gasteiger partial charge in [0.15, 0.2) is 0 Å². The van der Waals surface area contributed by atoms with Crippen LogP contribution in [-0.2, 0) is 4.74 Å². The van der Waals surface area contributed by atoms with Crippen molar-refractivity contribution in [1.82, 2.24) is 30.7 Å². The first-order chi connectivity index (χ1) is 20.7. The Balaban J connectivity index is 1.08. The summed E-state index contributed by atoms with van der Waals surface area (Å²) in [5, 5.41) is 5.37. The number of carbonyl (C=O) groups excluding carboxylic acids is 2. The van der Waals surface area contributed by atoms with Crippen molar-refractivity contribution < 1.29 is 19.1 Å². The molecule has 10 heteroatoms. The number of para-hydroxylation sites is 1. The smallest absolute Gasteiger partial charge is 0.422 e. The lowest BCUT2D eigenvalue weighted by Crippen LogP contribution is -2.55. The van der Waals surface area contributed by atoms with Crippen LogP contribution in [0.1, 0.15) is 88.9 Å². The second kappa shape index (κ2) is 12.5. The number of aromatic amines is 1. The Morgan fingerprint density at radius 2 is 1.81 bits per heavy atom. The maximum Gasteiger partial charge on any atom is 0.422 e. The van der Waals surface area contributed by atoms with E-state index in [9.17, 15) is 9.59 Å². The molecule has 3 aromatic rings. The van der Waals surface area contributed by atoms with E-state index in [0.717, 1.165) is 74.0 Å². The molecule has 1 saturated heterocycles. The molecular weight excluding hydrogens is 544 g/mol. The first kappa shape index (κ1) is 29.4. The summed E-state index contributed by atoms with van der Waals surface area (Å²) < 4.78 is 11.6. The number of piperidine rings is 1. The van der Waals surface area contributed by atoms with Crippen molar-refractivity contribution >= 4 is 23.0 Å². The van der Waals surface area contributed by atoms with E-state index in [-0.39, 0.29) is 24.1 Å². The Hall–Kier alpha value is -3.66. The lowest BCUT2D eigenvalue weighted by Gasteiger charge is -2.42. The first-order valence-electron chi connectivity index (χ1n) is 15.9. The normalized spacial score (nSPS) is 23.1. The van der Waals surface area contributed by atoms with Gasteiger partial charge in [-0.15, -0.1) is 0 Å². The van der Waals surface area contributed by atoms with Crippen LogP contribution >= 0.6 is 0 Å². The van der Waals surface area contributed by atoms with Gasteiger partial charge in [0, 0.05) is 30.4 Å². The minimum absolute atomic E-state index is 0.0995. The molecule has 2 aliphatic carbocycles. The van der Waals surface area contributed by atoms with Crippen molar-refractivity contribution in [2.75, 3.05) is 13.2 Å². The molecule has 3 fully saturated rings. The summed E-state index contributed by atoms with van der Waals surface area (Å²) in [4.78, 5) is 38.3. The number of ether oxygens (including phenoxy) is 2. The summed E-state index contributed by atoms with van der Waals surface area (Å²) in [5.41, 5.74) is 5.97. The number of H-pyrrole nitrogens is 1. The van der Waals surface area contributed by atoms with Crippen LogP contribution in [0.25, 0.3) is 22.3 Å². The lowest BCUT2D eigenvalue weighted by molar-refractivity contribution is -0.000156. The maximum absolute atomic E-state index is 13.5. The number of benzene rings is 1. The van der Waals surface area contributed by atoms with Crippen LogP contribution in [0.4, 0.5) is 4.79 Å². The molecule has 1 aromatic carbocycles. The summed E-state index contributed by atoms with van der Waals surface area (Å²) in [6.45, 7) is 7.18. The SMILES string of the molecule is CC(C)(C)OC(=O)NN1CCCCC1C1CCC(NC(=O)c2c[nH]c3c(-c4ccccc4OCC4CC4)ncnc23)CC1. The molecule has 1 aliphatic heterocycles. The third kappa shape index (κ3) is 7.12. The Kier molecular flexibility index (Phi) is 8.56. The van der Waals surface area contributed by atoms with Crippen molar-refractivity contribution in [1.29, 1.82) is 0 Å². The molecule has 43 heavy (non-hydrogen) atoms. The van der Waals surface area contributed by atoms with E-state index in [4.69, 9.17) is 9.47 Å². The molecule has 0 spiro atoms. The zero-order valence-electron chi connectivity index (χ0n) is 25.5. The summed E-state index contributed by atoms with van der Waals surface area (Å²) in [6, 6.07) is 8.30. The monoisotopic (exact) mass is 588 g/mol. The summed E-state index contributed by atoms with van der Waals surface area (Å²) in [5.74, 6) is 1.78. The number of aromatic nitrogens is 3. The second-order valence-corrected chi connectivity index (χ2v) is 13.4. The lowest BCUT2D eigenvalue weighted by atomic mass is 9.78. The summed E-state index contributed by atoms with van der Waals surface area (Å²) >= 11 is 0. The summed E-state index contributed by atoms with van der Waals surface area (Å²) in [6.07, 6.45) is 12.4. The van der Waals surface area contributed by atoms with Crippen LogP contribution in [0.2, 0.25) is 0 Å². The molecule has 6 rings (SSSR count). The summed E-state index contributed by atoms with van der Waals surface area (Å²) in [7, 11) is 0. The average Bonchev–Trinajstić information content (AvgIpc) is 3.71. The van der Waals surface area contributed by atoms with Gasteiger partial charge in [-0.05, 0) is 96.1 Å². The number of rotatable bonds is 8. The fourth-order valence-electron chi connectivity index (χ4n) is 6.51. The van der Waals surface area contributed by atoms with Gasteiger partial charge in [0.05, 0.1) is 17.7 Å². The molecule has 1 atom stereocenters. The fourth-order valence-corrected chi connectivity index (χ4v) is 6.51.